The van der Waals surface area contributed by atoms with Crippen molar-refractivity contribution in [3.8, 4) is 0 Å². The van der Waals surface area contributed by atoms with Gasteiger partial charge in [-0.1, -0.05) is 30.3 Å². The van der Waals surface area contributed by atoms with E-state index in [0.29, 0.717) is 31.7 Å². The van der Waals surface area contributed by atoms with Crippen molar-refractivity contribution in [2.75, 3.05) is 26.2 Å². The fraction of sp³-hybridized carbons (Fsp3) is 0.333. The van der Waals surface area contributed by atoms with Crippen LogP contribution in [0.15, 0.2) is 47.2 Å². The van der Waals surface area contributed by atoms with Gasteiger partial charge in [0, 0.05) is 31.6 Å². The van der Waals surface area contributed by atoms with Crippen LogP contribution in [0.25, 0.3) is 0 Å². The Morgan fingerprint density at radius 2 is 1.67 bits per heavy atom. The molecule has 2 heterocycles. The highest BCUT2D eigenvalue weighted by atomic mass is 32.1. The highest BCUT2D eigenvalue weighted by molar-refractivity contribution is 7.08. The summed E-state index contributed by atoms with van der Waals surface area (Å²) in [5, 5.41) is 3.75. The number of nitrogens with zero attached hydrogens (tertiary/aromatic N) is 2. The number of carbonyl (C=O) groups is 2. The largest absolute Gasteiger partial charge is 0.337 e. The molecule has 1 aliphatic rings. The minimum atomic E-state index is -1.05. The first kappa shape index (κ1) is 16.7. The maximum absolute atomic E-state index is 12.8. The van der Waals surface area contributed by atoms with Crippen LogP contribution in [0.4, 0.5) is 0 Å². The summed E-state index contributed by atoms with van der Waals surface area (Å²) >= 11 is 1.51. The first-order chi connectivity index (χ1) is 11.5. The molecule has 1 atom stereocenters. The van der Waals surface area contributed by atoms with E-state index >= 15 is 0 Å². The lowest BCUT2D eigenvalue weighted by Gasteiger charge is -2.38. The summed E-state index contributed by atoms with van der Waals surface area (Å²) in [5.74, 6) is -0.0711. The monoisotopic (exact) mass is 343 g/mol. The van der Waals surface area contributed by atoms with Crippen molar-refractivity contribution in [3.05, 3.63) is 58.3 Å². The number of amides is 2. The average Bonchev–Trinajstić information content (AvgIpc) is 3.16. The number of hydrogen-bond donors (Lipinski definition) is 1. The maximum Gasteiger partial charge on any atom is 0.254 e. The first-order valence-corrected chi connectivity index (χ1v) is 8.89. The Bertz CT molecular complexity index is 705. The molecule has 2 aromatic rings. The van der Waals surface area contributed by atoms with Crippen LogP contribution in [0, 0.1) is 0 Å². The highest BCUT2D eigenvalue weighted by Crippen LogP contribution is 2.21. The van der Waals surface area contributed by atoms with Crippen LogP contribution in [0.5, 0.6) is 0 Å². The third-order valence-electron chi connectivity index (χ3n) is 4.44. The standard InChI is InChI=1S/C18H21N3O2S/c1-18(19,15-5-3-2-4-6-15)17(23)21-10-8-20(9-11-21)16(22)14-7-12-24-13-14/h2-7,12-13H,8-11,19H2,1H3. The minimum absolute atomic E-state index is 0.0296. The molecule has 0 saturated carbocycles. The first-order valence-electron chi connectivity index (χ1n) is 7.95. The molecular weight excluding hydrogens is 322 g/mol. The lowest BCUT2D eigenvalue weighted by Crippen LogP contribution is -2.57. The molecule has 0 radical (unpaired) electrons. The third-order valence-corrected chi connectivity index (χ3v) is 5.12. The second-order valence-electron chi connectivity index (χ2n) is 6.16. The van der Waals surface area contributed by atoms with Crippen molar-refractivity contribution >= 4 is 23.2 Å². The van der Waals surface area contributed by atoms with Crippen molar-refractivity contribution < 1.29 is 9.59 Å². The van der Waals surface area contributed by atoms with E-state index in [1.165, 1.54) is 11.3 Å². The average molecular weight is 343 g/mol. The van der Waals surface area contributed by atoms with Crippen LogP contribution < -0.4 is 5.73 Å². The summed E-state index contributed by atoms with van der Waals surface area (Å²) in [4.78, 5) is 28.7. The van der Waals surface area contributed by atoms with E-state index in [1.807, 2.05) is 47.2 Å². The molecule has 1 aliphatic heterocycles. The Kier molecular flexibility index (Phi) is 4.69. The predicted octanol–water partition coefficient (Wildman–Crippen LogP) is 1.91. The lowest BCUT2D eigenvalue weighted by molar-refractivity contribution is -0.138. The Morgan fingerprint density at radius 3 is 2.25 bits per heavy atom. The fourth-order valence-electron chi connectivity index (χ4n) is 2.92. The van der Waals surface area contributed by atoms with Crippen LogP contribution in [0.2, 0.25) is 0 Å². The second kappa shape index (κ2) is 6.75. The summed E-state index contributed by atoms with van der Waals surface area (Å²) in [7, 11) is 0. The van der Waals surface area contributed by atoms with Gasteiger partial charge in [0.15, 0.2) is 0 Å². The molecular formula is C18H21N3O2S. The fourth-order valence-corrected chi connectivity index (χ4v) is 3.55. The van der Waals surface area contributed by atoms with Gasteiger partial charge in [0.2, 0.25) is 5.91 Å². The maximum atomic E-state index is 12.8. The van der Waals surface area contributed by atoms with Crippen LogP contribution in [-0.4, -0.2) is 47.8 Å². The van der Waals surface area contributed by atoms with Gasteiger partial charge < -0.3 is 15.5 Å². The molecule has 126 valence electrons. The van der Waals surface area contributed by atoms with Crippen molar-refractivity contribution in [1.82, 2.24) is 9.80 Å². The second-order valence-corrected chi connectivity index (χ2v) is 6.94. The van der Waals surface area contributed by atoms with E-state index in [2.05, 4.69) is 0 Å². The Balaban J connectivity index is 1.64. The molecule has 24 heavy (non-hydrogen) atoms. The Hall–Kier alpha value is -2.18. The number of nitrogens with two attached hydrogens (primary N) is 1. The van der Waals surface area contributed by atoms with Gasteiger partial charge in [0.25, 0.3) is 5.91 Å². The van der Waals surface area contributed by atoms with Gasteiger partial charge in [-0.3, -0.25) is 9.59 Å². The minimum Gasteiger partial charge on any atom is -0.337 e. The molecule has 1 saturated heterocycles. The number of carbonyl (C=O) groups excluding carboxylic acids is 2. The number of hydrogen-bond acceptors (Lipinski definition) is 4. The number of rotatable bonds is 3. The summed E-state index contributed by atoms with van der Waals surface area (Å²) in [5.41, 5.74) is 6.77. The number of benzene rings is 1. The molecule has 2 N–H and O–H groups in total. The smallest absolute Gasteiger partial charge is 0.254 e. The van der Waals surface area contributed by atoms with Gasteiger partial charge in [-0.15, -0.1) is 0 Å². The molecule has 1 unspecified atom stereocenters. The molecule has 0 aliphatic carbocycles. The van der Waals surface area contributed by atoms with Crippen molar-refractivity contribution in [2.45, 2.75) is 12.5 Å². The zero-order chi connectivity index (χ0) is 17.2. The number of piperazine rings is 1. The van der Waals surface area contributed by atoms with E-state index in [0.717, 1.165) is 5.56 Å². The van der Waals surface area contributed by atoms with Crippen LogP contribution in [-0.2, 0) is 10.3 Å². The summed E-state index contributed by atoms with van der Waals surface area (Å²) in [6.45, 7) is 3.83. The summed E-state index contributed by atoms with van der Waals surface area (Å²) < 4.78 is 0. The van der Waals surface area contributed by atoms with Crippen LogP contribution in [0.3, 0.4) is 0 Å². The van der Waals surface area contributed by atoms with Crippen molar-refractivity contribution in [2.24, 2.45) is 5.73 Å². The van der Waals surface area contributed by atoms with E-state index < -0.39 is 5.54 Å². The molecule has 1 aromatic heterocycles. The van der Waals surface area contributed by atoms with Crippen molar-refractivity contribution in [1.29, 1.82) is 0 Å². The topological polar surface area (TPSA) is 66.6 Å². The van der Waals surface area contributed by atoms with E-state index in [1.54, 1.807) is 16.7 Å². The molecule has 5 nitrogen and oxygen atoms in total. The van der Waals surface area contributed by atoms with Gasteiger partial charge in [0.05, 0.1) is 5.56 Å². The normalized spacial score (nSPS) is 17.4. The van der Waals surface area contributed by atoms with E-state index in [-0.39, 0.29) is 11.8 Å². The number of thiophene rings is 1. The van der Waals surface area contributed by atoms with Gasteiger partial charge in [0.1, 0.15) is 5.54 Å². The van der Waals surface area contributed by atoms with Gasteiger partial charge in [-0.2, -0.15) is 11.3 Å². The molecule has 2 amide bonds. The zero-order valence-corrected chi connectivity index (χ0v) is 14.5. The molecule has 1 fully saturated rings. The Labute approximate surface area is 145 Å². The summed E-state index contributed by atoms with van der Waals surface area (Å²) in [6.07, 6.45) is 0. The van der Waals surface area contributed by atoms with E-state index in [4.69, 9.17) is 5.73 Å². The van der Waals surface area contributed by atoms with Gasteiger partial charge in [-0.25, -0.2) is 0 Å². The molecule has 3 rings (SSSR count). The van der Waals surface area contributed by atoms with Crippen molar-refractivity contribution in [3.63, 3.8) is 0 Å². The van der Waals surface area contributed by atoms with Crippen LogP contribution >= 0.6 is 11.3 Å². The van der Waals surface area contributed by atoms with Crippen LogP contribution in [0.1, 0.15) is 22.8 Å². The molecule has 1 aromatic carbocycles. The van der Waals surface area contributed by atoms with E-state index in [9.17, 15) is 9.59 Å². The molecule has 0 spiro atoms. The highest BCUT2D eigenvalue weighted by Gasteiger charge is 2.36. The predicted molar refractivity (Wildman–Crippen MR) is 94.8 cm³/mol. The quantitative estimate of drug-likeness (QED) is 0.926. The molecule has 6 heteroatoms. The van der Waals surface area contributed by atoms with Gasteiger partial charge >= 0.3 is 0 Å². The Morgan fingerprint density at radius 1 is 1.04 bits per heavy atom. The molecule has 0 bridgehead atoms. The SMILES string of the molecule is CC(N)(C(=O)N1CCN(C(=O)c2ccsc2)CC1)c1ccccc1. The van der Waals surface area contributed by atoms with Gasteiger partial charge in [-0.05, 0) is 23.9 Å². The lowest BCUT2D eigenvalue weighted by atomic mass is 9.91. The third kappa shape index (κ3) is 3.20. The summed E-state index contributed by atoms with van der Waals surface area (Å²) in [6, 6.07) is 11.2. The zero-order valence-electron chi connectivity index (χ0n) is 13.6.